The summed E-state index contributed by atoms with van der Waals surface area (Å²) >= 11 is 0. The van der Waals surface area contributed by atoms with Crippen LogP contribution in [0.4, 0.5) is 0 Å². The van der Waals surface area contributed by atoms with E-state index in [1.54, 1.807) is 7.05 Å². The number of benzene rings is 2. The molecule has 2 aromatic rings. The predicted molar refractivity (Wildman–Crippen MR) is 83.5 cm³/mol. The Labute approximate surface area is 120 Å². The number of amides is 1. The molecule has 0 aliphatic heterocycles. The Morgan fingerprint density at radius 2 is 1.80 bits per heavy atom. The van der Waals surface area contributed by atoms with Crippen LogP contribution in [0.2, 0.25) is 0 Å². The van der Waals surface area contributed by atoms with Crippen molar-refractivity contribution in [2.75, 3.05) is 13.6 Å². The lowest BCUT2D eigenvalue weighted by Gasteiger charge is -2.23. The van der Waals surface area contributed by atoms with Crippen molar-refractivity contribution in [1.29, 1.82) is 0 Å². The van der Waals surface area contributed by atoms with E-state index in [0.717, 1.165) is 6.54 Å². The molecule has 0 aliphatic rings. The summed E-state index contributed by atoms with van der Waals surface area (Å²) in [5, 5.41) is 8.56. The summed E-state index contributed by atoms with van der Waals surface area (Å²) in [5.74, 6) is 0.0588. The van der Waals surface area contributed by atoms with Crippen molar-refractivity contribution in [1.82, 2.24) is 10.6 Å². The van der Waals surface area contributed by atoms with Gasteiger partial charge in [0.1, 0.15) is 0 Å². The molecule has 3 heteroatoms. The largest absolute Gasteiger partial charge is 0.359 e. The molecular formula is C17H22N2O. The monoisotopic (exact) mass is 270 g/mol. The van der Waals surface area contributed by atoms with Crippen LogP contribution >= 0.6 is 0 Å². The number of fused-ring (bicyclic) bond motifs is 1. The van der Waals surface area contributed by atoms with E-state index in [1.165, 1.54) is 16.3 Å². The van der Waals surface area contributed by atoms with Gasteiger partial charge in [0.2, 0.25) is 5.91 Å². The molecular weight excluding hydrogens is 248 g/mol. The molecule has 0 radical (unpaired) electrons. The Kier molecular flexibility index (Phi) is 4.40. The molecule has 2 N–H and O–H groups in total. The minimum absolute atomic E-state index is 0.0588. The van der Waals surface area contributed by atoms with Crippen LogP contribution in [0.15, 0.2) is 42.5 Å². The lowest BCUT2D eigenvalue weighted by atomic mass is 9.92. The maximum Gasteiger partial charge on any atom is 0.226 e. The molecule has 0 spiro atoms. The smallest absolute Gasteiger partial charge is 0.226 e. The Hall–Kier alpha value is -1.87. The number of rotatable bonds is 5. The number of carbonyl (C=O) groups excluding carboxylic acids is 1. The van der Waals surface area contributed by atoms with Crippen molar-refractivity contribution in [3.63, 3.8) is 0 Å². The normalized spacial score (nSPS) is 11.6. The average Bonchev–Trinajstić information content (AvgIpc) is 2.46. The molecule has 0 saturated carbocycles. The van der Waals surface area contributed by atoms with Crippen LogP contribution in [0, 0.1) is 5.41 Å². The van der Waals surface area contributed by atoms with E-state index in [0.29, 0.717) is 6.54 Å². The maximum absolute atomic E-state index is 11.7. The first-order valence-electron chi connectivity index (χ1n) is 6.93. The van der Waals surface area contributed by atoms with Gasteiger partial charge in [0.25, 0.3) is 0 Å². The third-order valence-corrected chi connectivity index (χ3v) is 3.55. The molecule has 106 valence electrons. The fourth-order valence-corrected chi connectivity index (χ4v) is 2.29. The summed E-state index contributed by atoms with van der Waals surface area (Å²) in [4.78, 5) is 11.7. The first kappa shape index (κ1) is 14.5. The van der Waals surface area contributed by atoms with Gasteiger partial charge in [0, 0.05) is 20.1 Å². The predicted octanol–water partition coefficient (Wildman–Crippen LogP) is 2.70. The average molecular weight is 270 g/mol. The first-order chi connectivity index (χ1) is 9.53. The van der Waals surface area contributed by atoms with Crippen LogP contribution in [-0.4, -0.2) is 19.5 Å². The fraction of sp³-hybridized carbons (Fsp3) is 0.353. The van der Waals surface area contributed by atoms with Gasteiger partial charge in [-0.1, -0.05) is 36.4 Å². The number of carbonyl (C=O) groups is 1. The van der Waals surface area contributed by atoms with E-state index in [9.17, 15) is 4.79 Å². The van der Waals surface area contributed by atoms with Crippen LogP contribution < -0.4 is 10.6 Å². The van der Waals surface area contributed by atoms with Gasteiger partial charge in [-0.3, -0.25) is 4.79 Å². The molecule has 0 heterocycles. The van der Waals surface area contributed by atoms with Gasteiger partial charge >= 0.3 is 0 Å². The number of nitrogens with one attached hydrogen (secondary N) is 2. The molecule has 0 aromatic heterocycles. The summed E-state index contributed by atoms with van der Waals surface area (Å²) < 4.78 is 0. The maximum atomic E-state index is 11.7. The lowest BCUT2D eigenvalue weighted by molar-refractivity contribution is -0.128. The molecule has 0 saturated heterocycles. The molecule has 0 aliphatic carbocycles. The molecule has 3 nitrogen and oxygen atoms in total. The van der Waals surface area contributed by atoms with Crippen molar-refractivity contribution < 1.29 is 4.79 Å². The summed E-state index contributed by atoms with van der Waals surface area (Å²) in [6.45, 7) is 5.31. The molecule has 0 bridgehead atoms. The van der Waals surface area contributed by atoms with Crippen molar-refractivity contribution in [2.24, 2.45) is 5.41 Å². The standard InChI is InChI=1S/C17H22N2O/c1-17(2,16(20)18-3)12-19-11-13-8-9-14-6-4-5-7-15(14)10-13/h4-10,19H,11-12H2,1-3H3,(H,18,20). The topological polar surface area (TPSA) is 41.1 Å². The molecule has 0 fully saturated rings. The molecule has 20 heavy (non-hydrogen) atoms. The zero-order chi connectivity index (χ0) is 14.6. The number of hydrogen-bond donors (Lipinski definition) is 2. The zero-order valence-corrected chi connectivity index (χ0v) is 12.4. The summed E-state index contributed by atoms with van der Waals surface area (Å²) in [6, 6.07) is 14.8. The van der Waals surface area contributed by atoms with Gasteiger partial charge in [-0.2, -0.15) is 0 Å². The SMILES string of the molecule is CNC(=O)C(C)(C)CNCc1ccc2ccccc2c1. The van der Waals surface area contributed by atoms with Crippen LogP contribution in [-0.2, 0) is 11.3 Å². The van der Waals surface area contributed by atoms with E-state index in [1.807, 2.05) is 26.0 Å². The Balaban J connectivity index is 1.98. The van der Waals surface area contributed by atoms with E-state index >= 15 is 0 Å². The molecule has 2 rings (SSSR count). The Morgan fingerprint density at radius 1 is 1.10 bits per heavy atom. The summed E-state index contributed by atoms with van der Waals surface area (Å²) in [7, 11) is 1.67. The van der Waals surface area contributed by atoms with Gasteiger partial charge in [-0.05, 0) is 36.2 Å². The van der Waals surface area contributed by atoms with Crippen LogP contribution in [0.1, 0.15) is 19.4 Å². The fourth-order valence-electron chi connectivity index (χ4n) is 2.29. The minimum atomic E-state index is -0.397. The van der Waals surface area contributed by atoms with Gasteiger partial charge < -0.3 is 10.6 Å². The van der Waals surface area contributed by atoms with Gasteiger partial charge in [0.15, 0.2) is 0 Å². The van der Waals surface area contributed by atoms with E-state index in [-0.39, 0.29) is 5.91 Å². The Bertz CT molecular complexity index is 605. The second-order valence-corrected chi connectivity index (χ2v) is 5.75. The third kappa shape index (κ3) is 3.36. The van der Waals surface area contributed by atoms with Gasteiger partial charge in [0.05, 0.1) is 5.41 Å². The highest BCUT2D eigenvalue weighted by atomic mass is 16.2. The zero-order valence-electron chi connectivity index (χ0n) is 12.4. The minimum Gasteiger partial charge on any atom is -0.359 e. The van der Waals surface area contributed by atoms with Crippen molar-refractivity contribution >= 4 is 16.7 Å². The van der Waals surface area contributed by atoms with E-state index in [4.69, 9.17) is 0 Å². The second kappa shape index (κ2) is 6.06. The quantitative estimate of drug-likeness (QED) is 0.877. The lowest BCUT2D eigenvalue weighted by Crippen LogP contribution is -2.41. The molecule has 0 atom stereocenters. The van der Waals surface area contributed by atoms with Crippen LogP contribution in [0.3, 0.4) is 0 Å². The summed E-state index contributed by atoms with van der Waals surface area (Å²) in [6.07, 6.45) is 0. The first-order valence-corrected chi connectivity index (χ1v) is 6.93. The highest BCUT2D eigenvalue weighted by Crippen LogP contribution is 2.17. The Morgan fingerprint density at radius 3 is 2.50 bits per heavy atom. The van der Waals surface area contributed by atoms with Gasteiger partial charge in [-0.15, -0.1) is 0 Å². The van der Waals surface area contributed by atoms with Crippen LogP contribution in [0.25, 0.3) is 10.8 Å². The molecule has 2 aromatic carbocycles. The third-order valence-electron chi connectivity index (χ3n) is 3.55. The number of hydrogen-bond acceptors (Lipinski definition) is 2. The summed E-state index contributed by atoms with van der Waals surface area (Å²) in [5.41, 5.74) is 0.836. The van der Waals surface area contributed by atoms with Crippen LogP contribution in [0.5, 0.6) is 0 Å². The highest BCUT2D eigenvalue weighted by molar-refractivity contribution is 5.83. The van der Waals surface area contributed by atoms with Gasteiger partial charge in [-0.25, -0.2) is 0 Å². The van der Waals surface area contributed by atoms with E-state index in [2.05, 4.69) is 41.0 Å². The highest BCUT2D eigenvalue weighted by Gasteiger charge is 2.25. The van der Waals surface area contributed by atoms with Crippen molar-refractivity contribution in [3.8, 4) is 0 Å². The van der Waals surface area contributed by atoms with E-state index < -0.39 is 5.41 Å². The molecule has 0 unspecified atom stereocenters. The van der Waals surface area contributed by atoms with Crippen molar-refractivity contribution in [2.45, 2.75) is 20.4 Å². The molecule has 1 amide bonds. The second-order valence-electron chi connectivity index (χ2n) is 5.75. The van der Waals surface area contributed by atoms with Crippen molar-refractivity contribution in [3.05, 3.63) is 48.0 Å².